The Labute approximate surface area is 149 Å². The van der Waals surface area contributed by atoms with Gasteiger partial charge < -0.3 is 14.7 Å². The molecule has 0 spiro atoms. The summed E-state index contributed by atoms with van der Waals surface area (Å²) in [5.74, 6) is 1.41. The van der Waals surface area contributed by atoms with Crippen LogP contribution in [0.2, 0.25) is 0 Å². The molecule has 0 atom stereocenters. The Morgan fingerprint density at radius 2 is 1.58 bits per heavy atom. The first-order chi connectivity index (χ1) is 11.2. The van der Waals surface area contributed by atoms with Gasteiger partial charge in [-0.05, 0) is 69.9 Å². The van der Waals surface area contributed by atoms with Crippen molar-refractivity contribution in [1.29, 1.82) is 0 Å². The van der Waals surface area contributed by atoms with E-state index >= 15 is 0 Å². The van der Waals surface area contributed by atoms with E-state index in [-0.39, 0.29) is 6.03 Å². The van der Waals surface area contributed by atoms with Crippen LogP contribution in [0.3, 0.4) is 0 Å². The monoisotopic (exact) mass is 337 g/mol. The average Bonchev–Trinajstić information content (AvgIpc) is 2.54. The first kappa shape index (κ1) is 19.6. The first-order valence-electron chi connectivity index (χ1n) is 9.92. The number of hydrogen-bond acceptors (Lipinski definition) is 2. The first-order valence-corrected chi connectivity index (χ1v) is 9.92. The predicted molar refractivity (Wildman–Crippen MR) is 101 cm³/mol. The molecule has 24 heavy (non-hydrogen) atoms. The number of nitrogens with zero attached hydrogens (tertiary/aromatic N) is 3. The fraction of sp³-hybridized carbons (Fsp3) is 0.950. The van der Waals surface area contributed by atoms with Gasteiger partial charge in [0.05, 0.1) is 0 Å². The number of piperidine rings is 2. The number of hydrogen-bond donors (Lipinski definition) is 0. The van der Waals surface area contributed by atoms with Crippen molar-refractivity contribution in [2.24, 2.45) is 17.3 Å². The minimum absolute atomic E-state index is 0.244. The van der Waals surface area contributed by atoms with Gasteiger partial charge in [-0.3, -0.25) is 0 Å². The number of amides is 2. The van der Waals surface area contributed by atoms with Gasteiger partial charge in [0, 0.05) is 32.7 Å². The predicted octanol–water partition coefficient (Wildman–Crippen LogP) is 3.92. The number of likely N-dealkylation sites (tertiary alicyclic amines) is 2. The molecule has 2 fully saturated rings. The minimum Gasteiger partial charge on any atom is -0.327 e. The summed E-state index contributed by atoms with van der Waals surface area (Å²) in [7, 11) is 1.99. The lowest BCUT2D eigenvalue weighted by Crippen LogP contribution is -2.48. The minimum atomic E-state index is 0.244. The quantitative estimate of drug-likeness (QED) is 0.780. The molecule has 0 aromatic rings. The van der Waals surface area contributed by atoms with Crippen molar-refractivity contribution in [2.75, 3.05) is 39.8 Å². The lowest BCUT2D eigenvalue weighted by Gasteiger charge is -2.41. The van der Waals surface area contributed by atoms with Crippen molar-refractivity contribution in [3.8, 4) is 0 Å². The Bertz CT molecular complexity index is 400. The highest BCUT2D eigenvalue weighted by molar-refractivity contribution is 5.74. The van der Waals surface area contributed by atoms with E-state index in [1.165, 1.54) is 25.9 Å². The van der Waals surface area contributed by atoms with Gasteiger partial charge in [0.1, 0.15) is 0 Å². The van der Waals surface area contributed by atoms with Crippen molar-refractivity contribution in [2.45, 2.75) is 66.3 Å². The molecule has 2 aliphatic rings. The summed E-state index contributed by atoms with van der Waals surface area (Å²) in [6, 6.07) is 0.892. The maximum absolute atomic E-state index is 12.7. The zero-order valence-electron chi connectivity index (χ0n) is 16.8. The lowest BCUT2D eigenvalue weighted by atomic mass is 9.75. The zero-order valence-corrected chi connectivity index (χ0v) is 16.8. The SMILES string of the molecule is CC(C)N1CCC(CN(C)C(=O)N2CCC(C(C)(C)C)CC2)CC1. The third-order valence-electron chi connectivity index (χ3n) is 6.23. The maximum atomic E-state index is 12.7. The van der Waals surface area contributed by atoms with Crippen LogP contribution in [-0.2, 0) is 0 Å². The van der Waals surface area contributed by atoms with Crippen LogP contribution in [0.5, 0.6) is 0 Å². The Morgan fingerprint density at radius 1 is 1.04 bits per heavy atom. The van der Waals surface area contributed by atoms with Crippen molar-refractivity contribution in [3.63, 3.8) is 0 Å². The summed E-state index contributed by atoms with van der Waals surface area (Å²) in [5, 5.41) is 0. The molecule has 0 saturated carbocycles. The summed E-state index contributed by atoms with van der Waals surface area (Å²) >= 11 is 0. The fourth-order valence-corrected chi connectivity index (χ4v) is 4.30. The van der Waals surface area contributed by atoms with Gasteiger partial charge in [0.2, 0.25) is 0 Å². The van der Waals surface area contributed by atoms with Gasteiger partial charge in [-0.2, -0.15) is 0 Å². The average molecular weight is 338 g/mol. The largest absolute Gasteiger partial charge is 0.327 e. The van der Waals surface area contributed by atoms with E-state index < -0.39 is 0 Å². The van der Waals surface area contributed by atoms with Gasteiger partial charge in [0.25, 0.3) is 0 Å². The Hall–Kier alpha value is -0.770. The molecule has 140 valence electrons. The Morgan fingerprint density at radius 3 is 2.04 bits per heavy atom. The lowest BCUT2D eigenvalue weighted by molar-refractivity contribution is 0.0948. The summed E-state index contributed by atoms with van der Waals surface area (Å²) in [4.78, 5) is 19.3. The van der Waals surface area contributed by atoms with Gasteiger partial charge in [-0.15, -0.1) is 0 Å². The second-order valence-corrected chi connectivity index (χ2v) is 9.36. The van der Waals surface area contributed by atoms with Crippen LogP contribution in [0.25, 0.3) is 0 Å². The van der Waals surface area contributed by atoms with Gasteiger partial charge in [-0.25, -0.2) is 4.79 Å². The summed E-state index contributed by atoms with van der Waals surface area (Å²) < 4.78 is 0. The Kier molecular flexibility index (Phi) is 6.58. The van der Waals surface area contributed by atoms with Gasteiger partial charge in [-0.1, -0.05) is 20.8 Å². The molecule has 0 N–H and O–H groups in total. The normalized spacial score (nSPS) is 22.2. The third kappa shape index (κ3) is 5.11. The summed E-state index contributed by atoms with van der Waals surface area (Å²) in [6.07, 6.45) is 4.75. The van der Waals surface area contributed by atoms with E-state index in [1.54, 1.807) is 0 Å². The molecule has 0 aromatic carbocycles. The van der Waals surface area contributed by atoms with Crippen LogP contribution in [0.15, 0.2) is 0 Å². The molecule has 0 aliphatic carbocycles. The molecule has 0 unspecified atom stereocenters. The maximum Gasteiger partial charge on any atom is 0.319 e. The van der Waals surface area contributed by atoms with Crippen molar-refractivity contribution >= 4 is 6.03 Å². The molecule has 0 bridgehead atoms. The molecule has 4 nitrogen and oxygen atoms in total. The van der Waals surface area contributed by atoms with Crippen molar-refractivity contribution in [1.82, 2.24) is 14.7 Å². The van der Waals surface area contributed by atoms with E-state index in [0.717, 1.165) is 38.4 Å². The highest BCUT2D eigenvalue weighted by Gasteiger charge is 2.32. The smallest absolute Gasteiger partial charge is 0.319 e. The van der Waals surface area contributed by atoms with Gasteiger partial charge >= 0.3 is 6.03 Å². The summed E-state index contributed by atoms with van der Waals surface area (Å²) in [6.45, 7) is 16.7. The molecule has 4 heteroatoms. The van der Waals surface area contributed by atoms with Crippen LogP contribution in [0, 0.1) is 17.3 Å². The molecule has 2 amide bonds. The standard InChI is InChI=1S/C20H39N3O/c1-16(2)22-11-7-17(8-12-22)15-21(6)19(24)23-13-9-18(10-14-23)20(3,4)5/h16-18H,7-15H2,1-6H3. The zero-order chi connectivity index (χ0) is 17.9. The topological polar surface area (TPSA) is 26.8 Å². The van der Waals surface area contributed by atoms with Crippen LogP contribution in [-0.4, -0.2) is 66.5 Å². The van der Waals surface area contributed by atoms with Crippen molar-refractivity contribution in [3.05, 3.63) is 0 Å². The van der Waals surface area contributed by atoms with E-state index in [2.05, 4.69) is 44.4 Å². The summed E-state index contributed by atoms with van der Waals surface area (Å²) in [5.41, 5.74) is 0.366. The molecule has 2 heterocycles. The molecule has 0 radical (unpaired) electrons. The number of carbonyl (C=O) groups excluding carboxylic acids is 1. The van der Waals surface area contributed by atoms with E-state index in [1.807, 2.05) is 11.9 Å². The number of urea groups is 1. The van der Waals surface area contributed by atoms with Gasteiger partial charge in [0.15, 0.2) is 0 Å². The number of rotatable bonds is 3. The fourth-order valence-electron chi connectivity index (χ4n) is 4.30. The van der Waals surface area contributed by atoms with Crippen LogP contribution in [0.4, 0.5) is 4.79 Å². The van der Waals surface area contributed by atoms with Crippen LogP contribution in [0.1, 0.15) is 60.3 Å². The van der Waals surface area contributed by atoms with Crippen LogP contribution >= 0.6 is 0 Å². The molecule has 2 aliphatic heterocycles. The molecule has 0 aromatic heterocycles. The van der Waals surface area contributed by atoms with E-state index in [9.17, 15) is 4.79 Å². The Balaban J connectivity index is 1.75. The molecule has 2 rings (SSSR count). The second kappa shape index (κ2) is 8.07. The number of carbonyl (C=O) groups is 1. The van der Waals surface area contributed by atoms with Crippen molar-refractivity contribution < 1.29 is 4.79 Å². The molecular weight excluding hydrogens is 298 g/mol. The third-order valence-corrected chi connectivity index (χ3v) is 6.23. The second-order valence-electron chi connectivity index (χ2n) is 9.36. The van der Waals surface area contributed by atoms with Crippen LogP contribution < -0.4 is 0 Å². The van der Waals surface area contributed by atoms with E-state index in [0.29, 0.717) is 17.4 Å². The highest BCUT2D eigenvalue weighted by Crippen LogP contribution is 2.34. The highest BCUT2D eigenvalue weighted by atomic mass is 16.2. The molecule has 2 saturated heterocycles. The van der Waals surface area contributed by atoms with E-state index in [4.69, 9.17) is 0 Å². The molecular formula is C20H39N3O.